The zero-order valence-electron chi connectivity index (χ0n) is 60.6. The minimum Gasteiger partial charge on any atom is -0.481 e. The van der Waals surface area contributed by atoms with Gasteiger partial charge in [-0.1, -0.05) is 74.1 Å². The van der Waals surface area contributed by atoms with Crippen LogP contribution in [0, 0.1) is 17.8 Å². The number of aliphatic carboxylic acids is 2. The van der Waals surface area contributed by atoms with E-state index in [9.17, 15) is 91.7 Å². The average molecular weight is 1460 g/mol. The standard InChI is InChI=1S/C65H113N19O19/c1-10-13-19-38(56(95)79-43(24-26-49(88)89)60(99)84-52(35(7)12-3)64(103)83-51(53(68)92)34(6)11-2)76-61(100)44(30-33(4)5)81-58(97)39(20-14-16-27-66)75-57(96)41(22-18-29-72-65(69)70)78-62(101)45(31-47(67)86)82-59(98)40-21-15-17-28-71-48(87)25-23-42(74-37(9)85)55(94)73-36(8)54(93)80-46(32-50(90)91)63(102)77-40/h33-36,38-46,51-52H,10-32,66H2,1-9H3,(H2,67,86)(H2,68,92)(H,71,87)(H,73,94)(H,74,85)(H,75,96)(H,76,100)(H,77,102)(H,78,101)(H,79,95)(H,80,93)(H,81,97)(H,82,98)(H,83,103)(H,84,99)(H,88,89)(H,90,91)(H4,69,70,72)/t34-,35-,36-,38-,39-,40-,41?,42-,43-,44-,45-,46-,51-,52-/m0/s1. The van der Waals surface area contributed by atoms with Crippen LogP contribution in [0.3, 0.4) is 0 Å². The molecule has 14 atom stereocenters. The smallest absolute Gasteiger partial charge is 0.305 e. The molecule has 1 aliphatic heterocycles. The van der Waals surface area contributed by atoms with E-state index in [0.717, 1.165) is 6.92 Å². The van der Waals surface area contributed by atoms with Gasteiger partial charge < -0.3 is 108 Å². The van der Waals surface area contributed by atoms with Gasteiger partial charge in [0.15, 0.2) is 5.96 Å². The summed E-state index contributed by atoms with van der Waals surface area (Å²) in [6, 6.07) is -18.1. The normalized spacial score (nSPS) is 19.1. The first kappa shape index (κ1) is 91.2. The Morgan fingerprint density at radius 2 is 1.08 bits per heavy atom. The van der Waals surface area contributed by atoms with Crippen LogP contribution in [0.2, 0.25) is 0 Å². The molecule has 0 aromatic carbocycles. The number of carboxylic acids is 2. The number of nitrogens with zero attached hydrogens (tertiary/aromatic N) is 1. The summed E-state index contributed by atoms with van der Waals surface area (Å²) in [4.78, 5) is 233. The first-order valence-electron chi connectivity index (χ1n) is 35.0. The Bertz CT molecular complexity index is 2950. The molecule has 1 fully saturated rings. The zero-order valence-corrected chi connectivity index (χ0v) is 60.6. The molecule has 1 rings (SSSR count). The Kier molecular flexibility index (Phi) is 42.7. The molecule has 25 N–H and O–H groups in total. The van der Waals surface area contributed by atoms with Crippen molar-refractivity contribution in [2.24, 2.45) is 51.4 Å². The molecule has 1 heterocycles. The average Bonchev–Trinajstić information content (AvgIpc) is 0.851. The molecule has 38 nitrogen and oxygen atoms in total. The van der Waals surface area contributed by atoms with Gasteiger partial charge in [-0.25, -0.2) is 0 Å². The largest absolute Gasteiger partial charge is 0.481 e. The Morgan fingerprint density at radius 1 is 0.563 bits per heavy atom. The summed E-state index contributed by atoms with van der Waals surface area (Å²) in [7, 11) is 0. The van der Waals surface area contributed by atoms with E-state index in [1.54, 1.807) is 48.5 Å². The van der Waals surface area contributed by atoms with Crippen molar-refractivity contribution in [2.45, 2.75) is 263 Å². The van der Waals surface area contributed by atoms with E-state index < -0.39 is 205 Å². The number of rotatable bonds is 42. The van der Waals surface area contributed by atoms with Crippen LogP contribution in [0.1, 0.15) is 191 Å². The van der Waals surface area contributed by atoms with Crippen molar-refractivity contribution in [2.75, 3.05) is 19.6 Å². The third-order valence-electron chi connectivity index (χ3n) is 16.9. The van der Waals surface area contributed by atoms with E-state index in [4.69, 9.17) is 28.7 Å². The molecule has 1 aliphatic rings. The van der Waals surface area contributed by atoms with E-state index >= 15 is 0 Å². The number of carboxylic acid groups (broad SMARTS) is 2. The van der Waals surface area contributed by atoms with Crippen molar-refractivity contribution in [3.05, 3.63) is 0 Å². The summed E-state index contributed by atoms with van der Waals surface area (Å²) in [5.41, 5.74) is 28.1. The highest BCUT2D eigenvalue weighted by Crippen LogP contribution is 2.16. The number of carbonyl (C=O) groups excluding carboxylic acids is 15. The maximum absolute atomic E-state index is 14.6. The van der Waals surface area contributed by atoms with Crippen LogP contribution in [0.15, 0.2) is 4.99 Å². The van der Waals surface area contributed by atoms with Crippen LogP contribution in [-0.4, -0.2) is 209 Å². The third kappa shape index (κ3) is 36.1. The summed E-state index contributed by atoms with van der Waals surface area (Å²) in [5, 5.41) is 52.0. The van der Waals surface area contributed by atoms with Gasteiger partial charge in [-0.05, 0) is 108 Å². The van der Waals surface area contributed by atoms with Crippen molar-refractivity contribution < 1.29 is 91.7 Å². The van der Waals surface area contributed by atoms with Gasteiger partial charge >= 0.3 is 11.9 Å². The Balaban J connectivity index is 3.79. The predicted molar refractivity (Wildman–Crippen MR) is 373 cm³/mol. The second kappa shape index (κ2) is 48.2. The van der Waals surface area contributed by atoms with E-state index in [2.05, 4.69) is 74.1 Å². The lowest BCUT2D eigenvalue weighted by molar-refractivity contribution is -0.141. The number of hydrogen-bond acceptors (Lipinski definition) is 19. The molecule has 0 aliphatic carbocycles. The molecule has 1 saturated heterocycles. The van der Waals surface area contributed by atoms with Gasteiger partial charge in [0.1, 0.15) is 72.5 Å². The monoisotopic (exact) mass is 1460 g/mol. The molecule has 0 saturated carbocycles. The number of guanidine groups is 1. The molecule has 0 aromatic rings. The quantitative estimate of drug-likeness (QED) is 0.0155. The SMILES string of the molecule is CCCC[C@H](NC(=O)[C@H](CC(C)C)NC(=O)[C@H](CCCCN)NC(=O)C(CCCN=C(N)N)NC(=O)[C@H](CC(N)=O)NC(=O)[C@@H]1CCCCNC(=O)CC[C@H](NC(C)=O)C(=O)N[C@@H](C)C(=O)N[C@@H](CC(=O)O)C(=O)N1)C(=O)N[C@@H](CCC(=O)O)C(=O)N[C@H](C(=O)N[C@H](C(N)=O)[C@@H](C)CC)[C@@H](C)CC. The van der Waals surface area contributed by atoms with Gasteiger partial charge in [0.25, 0.3) is 0 Å². The number of unbranched alkanes of at least 4 members (excludes halogenated alkanes) is 2. The fourth-order valence-electron chi connectivity index (χ4n) is 10.6. The molecule has 0 bridgehead atoms. The van der Waals surface area contributed by atoms with Gasteiger partial charge in [0.05, 0.1) is 12.8 Å². The predicted octanol–water partition coefficient (Wildman–Crippen LogP) is -4.86. The second-order valence-corrected chi connectivity index (χ2v) is 26.2. The molecular weight excluding hydrogens is 1350 g/mol. The fraction of sp³-hybridized carbons (Fsp3) is 0.723. The summed E-state index contributed by atoms with van der Waals surface area (Å²) >= 11 is 0. The van der Waals surface area contributed by atoms with Gasteiger partial charge in [-0.3, -0.25) is 86.5 Å². The van der Waals surface area contributed by atoms with Crippen molar-refractivity contribution in [3.63, 3.8) is 0 Å². The van der Waals surface area contributed by atoms with E-state index in [0.29, 0.717) is 32.1 Å². The molecule has 38 heteroatoms. The maximum Gasteiger partial charge on any atom is 0.305 e. The van der Waals surface area contributed by atoms with E-state index in [1.807, 2.05) is 0 Å². The summed E-state index contributed by atoms with van der Waals surface area (Å²) < 4.78 is 0. The summed E-state index contributed by atoms with van der Waals surface area (Å²) in [5.74, 6) is -18.6. The lowest BCUT2D eigenvalue weighted by atomic mass is 9.94. The number of carbonyl (C=O) groups is 17. The number of nitrogens with one attached hydrogen (secondary N) is 13. The minimum atomic E-state index is -1.92. The third-order valence-corrected chi connectivity index (χ3v) is 16.9. The Hall–Kier alpha value is -9.78. The summed E-state index contributed by atoms with van der Waals surface area (Å²) in [6.45, 7) is 14.5. The zero-order chi connectivity index (χ0) is 78.2. The van der Waals surface area contributed by atoms with Crippen molar-refractivity contribution >= 4 is 107 Å². The second-order valence-electron chi connectivity index (χ2n) is 26.2. The minimum absolute atomic E-state index is 0.00583. The van der Waals surface area contributed by atoms with Crippen LogP contribution >= 0.6 is 0 Å². The van der Waals surface area contributed by atoms with Crippen molar-refractivity contribution in [1.82, 2.24) is 69.1 Å². The highest BCUT2D eigenvalue weighted by molar-refractivity contribution is 6.01. The van der Waals surface area contributed by atoms with Crippen molar-refractivity contribution in [1.29, 1.82) is 0 Å². The molecule has 1 unspecified atom stereocenters. The van der Waals surface area contributed by atoms with E-state index in [1.165, 1.54) is 6.92 Å². The first-order chi connectivity index (χ1) is 48.4. The van der Waals surface area contributed by atoms with E-state index in [-0.39, 0.29) is 108 Å². The Morgan fingerprint density at radius 3 is 1.58 bits per heavy atom. The molecule has 0 spiro atoms. The number of primary amides is 2. The fourth-order valence-corrected chi connectivity index (χ4v) is 10.6. The van der Waals surface area contributed by atoms with Crippen molar-refractivity contribution in [3.8, 4) is 0 Å². The number of nitrogens with two attached hydrogens (primary N) is 5. The maximum atomic E-state index is 14.6. The lowest BCUT2D eigenvalue weighted by Crippen LogP contribution is -2.61. The van der Waals surface area contributed by atoms with Crippen LogP contribution in [-0.2, 0) is 81.5 Å². The Labute approximate surface area is 599 Å². The van der Waals surface area contributed by atoms with Gasteiger partial charge in [0, 0.05) is 32.9 Å². The van der Waals surface area contributed by atoms with Crippen LogP contribution in [0.4, 0.5) is 0 Å². The van der Waals surface area contributed by atoms with Crippen LogP contribution in [0.5, 0.6) is 0 Å². The molecule has 0 aromatic heterocycles. The number of amides is 15. The van der Waals surface area contributed by atoms with Crippen LogP contribution in [0.25, 0.3) is 0 Å². The van der Waals surface area contributed by atoms with Crippen LogP contribution < -0.4 is 97.8 Å². The number of hydrogen-bond donors (Lipinski definition) is 20. The molecule has 103 heavy (non-hydrogen) atoms. The van der Waals surface area contributed by atoms with Gasteiger partial charge in [0.2, 0.25) is 88.6 Å². The molecular formula is C65H113N19O19. The highest BCUT2D eigenvalue weighted by Gasteiger charge is 2.39. The molecule has 0 radical (unpaired) electrons. The number of aliphatic imine (C=N–C) groups is 1. The van der Waals surface area contributed by atoms with Gasteiger partial charge in [-0.15, -0.1) is 0 Å². The molecule has 582 valence electrons. The first-order valence-corrected chi connectivity index (χ1v) is 35.0. The molecule has 15 amide bonds. The van der Waals surface area contributed by atoms with Gasteiger partial charge in [-0.2, -0.15) is 0 Å². The topological polar surface area (TPSA) is 629 Å². The lowest BCUT2D eigenvalue weighted by Gasteiger charge is -2.30. The highest BCUT2D eigenvalue weighted by atomic mass is 16.4. The summed E-state index contributed by atoms with van der Waals surface area (Å²) in [6.07, 6.45) is -1.91.